The summed E-state index contributed by atoms with van der Waals surface area (Å²) in [6, 6.07) is 6.17. The molecule has 6 heteroatoms. The summed E-state index contributed by atoms with van der Waals surface area (Å²) in [6.45, 7) is 0. The van der Waals surface area contributed by atoms with Crippen molar-refractivity contribution in [2.75, 3.05) is 14.2 Å². The average molecular weight is 333 g/mol. The molecule has 0 amide bonds. The Morgan fingerprint density at radius 1 is 1.26 bits per heavy atom. The van der Waals surface area contributed by atoms with Crippen LogP contribution in [0.2, 0.25) is 0 Å². The Bertz CT molecular complexity index is 606. The molecule has 2 aliphatic rings. The summed E-state index contributed by atoms with van der Waals surface area (Å²) in [5.41, 5.74) is 3.73. The third kappa shape index (κ3) is 3.58. The van der Waals surface area contributed by atoms with E-state index in [1.807, 2.05) is 18.2 Å². The molecule has 0 aromatic heterocycles. The van der Waals surface area contributed by atoms with E-state index in [2.05, 4.69) is 15.8 Å². The molecular formula is C17H23N3O2S. The first kappa shape index (κ1) is 16.1. The number of hydrogen-bond acceptors (Lipinski definition) is 4. The molecule has 2 saturated carbocycles. The zero-order valence-corrected chi connectivity index (χ0v) is 14.4. The number of rotatable bonds is 5. The normalized spacial score (nSPS) is 25.6. The van der Waals surface area contributed by atoms with E-state index in [9.17, 15) is 0 Å². The second-order valence-corrected chi connectivity index (χ2v) is 6.62. The van der Waals surface area contributed by atoms with Gasteiger partial charge in [0.1, 0.15) is 0 Å². The minimum absolute atomic E-state index is 0.510. The molecule has 0 spiro atoms. The van der Waals surface area contributed by atoms with Crippen LogP contribution < -0.4 is 20.2 Å². The summed E-state index contributed by atoms with van der Waals surface area (Å²) >= 11 is 5.34. The molecule has 3 rings (SSSR count). The molecule has 2 N–H and O–H groups in total. The molecule has 23 heavy (non-hydrogen) atoms. The van der Waals surface area contributed by atoms with Crippen LogP contribution in [0.25, 0.3) is 0 Å². The number of thiocarbonyl (C=S) groups is 1. The Balaban J connectivity index is 1.55. The van der Waals surface area contributed by atoms with E-state index in [0.717, 1.165) is 17.4 Å². The molecule has 3 atom stereocenters. The number of fused-ring (bicyclic) bond motifs is 2. The van der Waals surface area contributed by atoms with Gasteiger partial charge in [-0.3, -0.25) is 5.43 Å². The van der Waals surface area contributed by atoms with E-state index in [1.54, 1.807) is 20.4 Å². The number of para-hydroxylation sites is 1. The van der Waals surface area contributed by atoms with Crippen molar-refractivity contribution >= 4 is 23.5 Å². The maximum absolute atomic E-state index is 5.37. The van der Waals surface area contributed by atoms with Crippen LogP contribution in [0, 0.1) is 11.8 Å². The van der Waals surface area contributed by atoms with Crippen molar-refractivity contribution in [3.05, 3.63) is 23.8 Å². The average Bonchev–Trinajstić information content (AvgIpc) is 3.17. The Morgan fingerprint density at radius 3 is 2.78 bits per heavy atom. The second kappa shape index (κ2) is 7.17. The Hall–Kier alpha value is -1.82. The van der Waals surface area contributed by atoms with E-state index in [0.29, 0.717) is 22.7 Å². The molecule has 0 saturated heterocycles. The van der Waals surface area contributed by atoms with Gasteiger partial charge in [-0.15, -0.1) is 0 Å². The van der Waals surface area contributed by atoms with Gasteiger partial charge in [0.25, 0.3) is 0 Å². The summed E-state index contributed by atoms with van der Waals surface area (Å²) < 4.78 is 10.6. The van der Waals surface area contributed by atoms with Crippen molar-refractivity contribution in [3.8, 4) is 11.5 Å². The van der Waals surface area contributed by atoms with E-state index in [1.165, 1.54) is 25.7 Å². The van der Waals surface area contributed by atoms with Crippen LogP contribution in [0.15, 0.2) is 23.3 Å². The lowest BCUT2D eigenvalue weighted by atomic mass is 9.96. The van der Waals surface area contributed by atoms with Crippen molar-refractivity contribution in [2.45, 2.75) is 31.7 Å². The van der Waals surface area contributed by atoms with Gasteiger partial charge in [-0.25, -0.2) is 0 Å². The molecule has 2 aliphatic carbocycles. The van der Waals surface area contributed by atoms with Gasteiger partial charge in [0.15, 0.2) is 16.6 Å². The quantitative estimate of drug-likeness (QED) is 0.493. The van der Waals surface area contributed by atoms with Crippen molar-refractivity contribution in [2.24, 2.45) is 16.9 Å². The van der Waals surface area contributed by atoms with Crippen LogP contribution in [-0.2, 0) is 0 Å². The Kier molecular flexibility index (Phi) is 5.00. The highest BCUT2D eigenvalue weighted by Crippen LogP contribution is 2.44. The van der Waals surface area contributed by atoms with Crippen molar-refractivity contribution < 1.29 is 9.47 Å². The standard InChI is InChI=1S/C17H23N3O2S/c1-21-15-5-3-4-13(16(15)22-2)10-18-20-17(23)19-14-9-11-6-7-12(14)8-11/h3-5,10-12,14H,6-9H2,1-2H3,(H2,19,20,23)/b18-10+. The number of nitrogens with zero attached hydrogens (tertiary/aromatic N) is 1. The van der Waals surface area contributed by atoms with E-state index in [4.69, 9.17) is 21.7 Å². The summed E-state index contributed by atoms with van der Waals surface area (Å²) in [7, 11) is 3.23. The van der Waals surface area contributed by atoms with Gasteiger partial charge < -0.3 is 14.8 Å². The summed E-state index contributed by atoms with van der Waals surface area (Å²) in [5, 5.41) is 8.20. The molecule has 2 fully saturated rings. The molecule has 5 nitrogen and oxygen atoms in total. The maximum Gasteiger partial charge on any atom is 0.187 e. The van der Waals surface area contributed by atoms with Crippen LogP contribution in [0.3, 0.4) is 0 Å². The number of methoxy groups -OCH3 is 2. The van der Waals surface area contributed by atoms with Crippen molar-refractivity contribution in [1.29, 1.82) is 0 Å². The Labute approximate surface area is 142 Å². The smallest absolute Gasteiger partial charge is 0.187 e. The predicted octanol–water partition coefficient (Wildman–Crippen LogP) is 2.69. The molecular weight excluding hydrogens is 310 g/mol. The first-order valence-electron chi connectivity index (χ1n) is 8.01. The highest BCUT2D eigenvalue weighted by molar-refractivity contribution is 7.80. The van der Waals surface area contributed by atoms with Gasteiger partial charge in [-0.1, -0.05) is 12.5 Å². The van der Waals surface area contributed by atoms with Gasteiger partial charge in [0, 0.05) is 11.6 Å². The first-order valence-corrected chi connectivity index (χ1v) is 8.42. The topological polar surface area (TPSA) is 54.9 Å². The summed E-state index contributed by atoms with van der Waals surface area (Å²) in [5.74, 6) is 3.01. The lowest BCUT2D eigenvalue weighted by Crippen LogP contribution is -2.42. The highest BCUT2D eigenvalue weighted by atomic mass is 32.1. The van der Waals surface area contributed by atoms with Gasteiger partial charge in [0.2, 0.25) is 0 Å². The summed E-state index contributed by atoms with van der Waals surface area (Å²) in [4.78, 5) is 0. The van der Waals surface area contributed by atoms with Gasteiger partial charge in [0.05, 0.1) is 20.4 Å². The molecule has 0 radical (unpaired) electrons. The minimum Gasteiger partial charge on any atom is -0.493 e. The van der Waals surface area contributed by atoms with Crippen molar-refractivity contribution in [3.63, 3.8) is 0 Å². The molecule has 1 aromatic rings. The predicted molar refractivity (Wildman–Crippen MR) is 95.2 cm³/mol. The SMILES string of the molecule is COc1cccc(/C=N/NC(=S)NC2CC3CCC2C3)c1OC. The zero-order chi connectivity index (χ0) is 16.2. The molecule has 0 heterocycles. The molecule has 1 aromatic carbocycles. The molecule has 0 aliphatic heterocycles. The number of benzene rings is 1. The number of hydrogen-bond donors (Lipinski definition) is 2. The van der Waals surface area contributed by atoms with Crippen LogP contribution in [0.5, 0.6) is 11.5 Å². The third-order valence-electron chi connectivity index (χ3n) is 4.86. The molecule has 124 valence electrons. The first-order chi connectivity index (χ1) is 11.2. The maximum atomic E-state index is 5.37. The van der Waals surface area contributed by atoms with Crippen LogP contribution in [0.1, 0.15) is 31.2 Å². The fourth-order valence-corrected chi connectivity index (χ4v) is 4.00. The molecule has 2 bridgehead atoms. The lowest BCUT2D eigenvalue weighted by Gasteiger charge is -2.23. The van der Waals surface area contributed by atoms with Gasteiger partial charge in [-0.05, 0) is 55.4 Å². The van der Waals surface area contributed by atoms with Crippen molar-refractivity contribution in [1.82, 2.24) is 10.7 Å². The largest absolute Gasteiger partial charge is 0.493 e. The lowest BCUT2D eigenvalue weighted by molar-refractivity contribution is 0.354. The number of hydrazone groups is 1. The Morgan fingerprint density at radius 2 is 2.13 bits per heavy atom. The van der Waals surface area contributed by atoms with E-state index >= 15 is 0 Å². The monoisotopic (exact) mass is 333 g/mol. The molecule has 3 unspecified atom stereocenters. The number of nitrogens with one attached hydrogen (secondary N) is 2. The van der Waals surface area contributed by atoms with E-state index < -0.39 is 0 Å². The minimum atomic E-state index is 0.510. The fourth-order valence-electron chi connectivity index (χ4n) is 3.80. The van der Waals surface area contributed by atoms with Crippen LogP contribution >= 0.6 is 12.2 Å². The number of ether oxygens (including phenoxy) is 2. The second-order valence-electron chi connectivity index (χ2n) is 6.21. The third-order valence-corrected chi connectivity index (χ3v) is 5.07. The van der Waals surface area contributed by atoms with Gasteiger partial charge >= 0.3 is 0 Å². The summed E-state index contributed by atoms with van der Waals surface area (Å²) in [6.07, 6.45) is 6.99. The van der Waals surface area contributed by atoms with Crippen LogP contribution in [0.4, 0.5) is 0 Å². The fraction of sp³-hybridized carbons (Fsp3) is 0.529. The van der Waals surface area contributed by atoms with E-state index in [-0.39, 0.29) is 0 Å². The zero-order valence-electron chi connectivity index (χ0n) is 13.5. The van der Waals surface area contributed by atoms with Crippen LogP contribution in [-0.4, -0.2) is 31.6 Å². The van der Waals surface area contributed by atoms with Gasteiger partial charge in [-0.2, -0.15) is 5.10 Å². The highest BCUT2D eigenvalue weighted by Gasteiger charge is 2.39.